The number of rotatable bonds is 7. The zero-order valence-corrected chi connectivity index (χ0v) is 17.9. The van der Waals surface area contributed by atoms with Gasteiger partial charge in [-0.2, -0.15) is 0 Å². The van der Waals surface area contributed by atoms with Gasteiger partial charge in [-0.3, -0.25) is 9.59 Å². The van der Waals surface area contributed by atoms with Crippen LogP contribution in [0.5, 0.6) is 5.75 Å². The summed E-state index contributed by atoms with van der Waals surface area (Å²) in [7, 11) is 1.58. The van der Waals surface area contributed by atoms with Gasteiger partial charge < -0.3 is 19.0 Å². The summed E-state index contributed by atoms with van der Waals surface area (Å²) in [4.78, 5) is 30.6. The standard InChI is InChI=1S/C24H25FN2O4/c1-4-26(5-2)12-13-27-21(15-6-9-17(30-3)10-7-15)20-22(28)18-14-16(25)8-11-19(18)31-23(20)24(27)29/h6-11,14,21H,4-5,12-13H2,1-3H3. The summed E-state index contributed by atoms with van der Waals surface area (Å²) < 4.78 is 24.9. The maximum absolute atomic E-state index is 13.8. The highest BCUT2D eigenvalue weighted by atomic mass is 19.1. The van der Waals surface area contributed by atoms with Gasteiger partial charge in [0.15, 0.2) is 5.43 Å². The van der Waals surface area contributed by atoms with Gasteiger partial charge in [0.05, 0.1) is 24.1 Å². The van der Waals surface area contributed by atoms with E-state index in [1.807, 2.05) is 12.1 Å². The number of benzene rings is 2. The number of nitrogens with zero attached hydrogens (tertiary/aromatic N) is 2. The van der Waals surface area contributed by atoms with Crippen LogP contribution in [0.15, 0.2) is 51.7 Å². The molecule has 0 N–H and O–H groups in total. The molecule has 3 aromatic rings. The third-order valence-corrected chi connectivity index (χ3v) is 5.91. The predicted octanol–water partition coefficient (Wildman–Crippen LogP) is 3.83. The van der Waals surface area contributed by atoms with Crippen LogP contribution in [0, 0.1) is 5.82 Å². The van der Waals surface area contributed by atoms with Gasteiger partial charge in [0.2, 0.25) is 5.76 Å². The SMILES string of the molecule is CCN(CC)CCN1C(=O)c2oc3ccc(F)cc3c(=O)c2C1c1ccc(OC)cc1. The highest BCUT2D eigenvalue weighted by Crippen LogP contribution is 2.38. The number of carbonyl (C=O) groups excluding carboxylic acids is 1. The molecule has 1 amide bonds. The highest BCUT2D eigenvalue weighted by Gasteiger charge is 2.42. The molecule has 2 aromatic carbocycles. The third kappa shape index (κ3) is 3.70. The number of hydrogen-bond donors (Lipinski definition) is 0. The van der Waals surface area contributed by atoms with E-state index >= 15 is 0 Å². The highest BCUT2D eigenvalue weighted by molar-refractivity contribution is 5.99. The van der Waals surface area contributed by atoms with Gasteiger partial charge in [-0.15, -0.1) is 0 Å². The minimum absolute atomic E-state index is 0.0319. The van der Waals surface area contributed by atoms with Crippen LogP contribution >= 0.6 is 0 Å². The van der Waals surface area contributed by atoms with Crippen molar-refractivity contribution in [2.45, 2.75) is 19.9 Å². The Kier molecular flexibility index (Phi) is 5.78. The summed E-state index contributed by atoms with van der Waals surface area (Å²) in [6, 6.07) is 10.4. The molecule has 31 heavy (non-hydrogen) atoms. The molecule has 7 heteroatoms. The summed E-state index contributed by atoms with van der Waals surface area (Å²) >= 11 is 0. The molecular weight excluding hydrogens is 399 g/mol. The van der Waals surface area contributed by atoms with Crippen LogP contribution < -0.4 is 10.2 Å². The zero-order chi connectivity index (χ0) is 22.1. The molecule has 2 heterocycles. The lowest BCUT2D eigenvalue weighted by molar-refractivity contribution is 0.0708. The van der Waals surface area contributed by atoms with Crippen LogP contribution in [-0.4, -0.2) is 49.0 Å². The topological polar surface area (TPSA) is 63.0 Å². The summed E-state index contributed by atoms with van der Waals surface area (Å²) in [6.45, 7) is 6.96. The van der Waals surface area contributed by atoms with E-state index in [1.165, 1.54) is 12.1 Å². The molecule has 1 aliphatic heterocycles. The molecule has 4 rings (SSSR count). The molecule has 0 aliphatic carbocycles. The van der Waals surface area contributed by atoms with Crippen molar-refractivity contribution < 1.29 is 18.3 Å². The number of methoxy groups -OCH3 is 1. The maximum atomic E-state index is 13.8. The number of fused-ring (bicyclic) bond motifs is 2. The normalized spacial score (nSPS) is 15.7. The molecule has 0 radical (unpaired) electrons. The van der Waals surface area contributed by atoms with Crippen LogP contribution in [0.4, 0.5) is 4.39 Å². The van der Waals surface area contributed by atoms with Crippen LogP contribution in [0.1, 0.15) is 41.6 Å². The van der Waals surface area contributed by atoms with Crippen molar-refractivity contribution in [1.29, 1.82) is 0 Å². The van der Waals surface area contributed by atoms with Crippen LogP contribution in [0.2, 0.25) is 0 Å². The van der Waals surface area contributed by atoms with E-state index in [0.29, 0.717) is 18.8 Å². The average Bonchev–Trinajstić information content (AvgIpc) is 3.07. The van der Waals surface area contributed by atoms with Crippen molar-refractivity contribution in [3.05, 3.63) is 75.4 Å². The Morgan fingerprint density at radius 2 is 1.81 bits per heavy atom. The first-order valence-corrected chi connectivity index (χ1v) is 10.4. The molecule has 1 aliphatic rings. The lowest BCUT2D eigenvalue weighted by atomic mass is 9.98. The maximum Gasteiger partial charge on any atom is 0.290 e. The Balaban J connectivity index is 1.86. The molecule has 0 fully saturated rings. The van der Waals surface area contributed by atoms with Crippen LogP contribution in [0.25, 0.3) is 11.0 Å². The second kappa shape index (κ2) is 8.51. The quantitative estimate of drug-likeness (QED) is 0.577. The average molecular weight is 424 g/mol. The van der Waals surface area contributed by atoms with Gasteiger partial charge >= 0.3 is 0 Å². The fourth-order valence-corrected chi connectivity index (χ4v) is 4.14. The molecule has 1 unspecified atom stereocenters. The molecule has 1 aromatic heterocycles. The van der Waals surface area contributed by atoms with Crippen molar-refractivity contribution in [3.63, 3.8) is 0 Å². The Morgan fingerprint density at radius 1 is 1.10 bits per heavy atom. The molecular formula is C24H25FN2O4. The van der Waals surface area contributed by atoms with Gasteiger partial charge in [0, 0.05) is 13.1 Å². The summed E-state index contributed by atoms with van der Waals surface area (Å²) in [5.41, 5.74) is 0.858. The van der Waals surface area contributed by atoms with Crippen molar-refractivity contribution in [2.75, 3.05) is 33.3 Å². The predicted molar refractivity (Wildman–Crippen MR) is 116 cm³/mol. The number of carbonyl (C=O) groups is 1. The second-order valence-electron chi connectivity index (χ2n) is 7.52. The fourth-order valence-electron chi connectivity index (χ4n) is 4.14. The van der Waals surface area contributed by atoms with E-state index in [2.05, 4.69) is 18.7 Å². The Morgan fingerprint density at radius 3 is 2.45 bits per heavy atom. The fraction of sp³-hybridized carbons (Fsp3) is 0.333. The number of halogens is 1. The van der Waals surface area contributed by atoms with Crippen LogP contribution in [-0.2, 0) is 0 Å². The second-order valence-corrected chi connectivity index (χ2v) is 7.52. The van der Waals surface area contributed by atoms with Gasteiger partial charge in [-0.05, 0) is 49.0 Å². The van der Waals surface area contributed by atoms with E-state index in [1.54, 1.807) is 24.1 Å². The van der Waals surface area contributed by atoms with Crippen LogP contribution in [0.3, 0.4) is 0 Å². The van der Waals surface area contributed by atoms with Gasteiger partial charge in [0.1, 0.15) is 17.1 Å². The Hall–Kier alpha value is -3.19. The first-order valence-electron chi connectivity index (χ1n) is 10.4. The van der Waals surface area contributed by atoms with Crippen molar-refractivity contribution in [2.24, 2.45) is 0 Å². The van der Waals surface area contributed by atoms with Crippen molar-refractivity contribution in [3.8, 4) is 5.75 Å². The third-order valence-electron chi connectivity index (χ3n) is 5.91. The van der Waals surface area contributed by atoms with E-state index in [9.17, 15) is 14.0 Å². The monoisotopic (exact) mass is 424 g/mol. The molecule has 0 bridgehead atoms. The van der Waals surface area contributed by atoms with E-state index < -0.39 is 11.9 Å². The molecule has 0 saturated carbocycles. The lowest BCUT2D eigenvalue weighted by Gasteiger charge is -2.28. The number of amides is 1. The Bertz CT molecular complexity index is 1170. The van der Waals surface area contributed by atoms with Gasteiger partial charge in [-0.25, -0.2) is 4.39 Å². The molecule has 162 valence electrons. The summed E-state index contributed by atoms with van der Waals surface area (Å²) in [6.07, 6.45) is 0. The molecule has 0 spiro atoms. The first kappa shape index (κ1) is 21.1. The first-order chi connectivity index (χ1) is 15.0. The summed E-state index contributed by atoms with van der Waals surface area (Å²) in [5.74, 6) is -0.144. The summed E-state index contributed by atoms with van der Waals surface area (Å²) in [5, 5.41) is 0.135. The Labute approximate surface area is 179 Å². The minimum Gasteiger partial charge on any atom is -0.497 e. The van der Waals surface area contributed by atoms with Gasteiger partial charge in [-0.1, -0.05) is 26.0 Å². The van der Waals surface area contributed by atoms with E-state index in [0.717, 1.165) is 24.7 Å². The van der Waals surface area contributed by atoms with E-state index in [4.69, 9.17) is 9.15 Å². The van der Waals surface area contributed by atoms with Crippen molar-refractivity contribution in [1.82, 2.24) is 9.80 Å². The van der Waals surface area contributed by atoms with Crippen molar-refractivity contribution >= 4 is 16.9 Å². The molecule has 0 saturated heterocycles. The van der Waals surface area contributed by atoms with E-state index in [-0.39, 0.29) is 33.6 Å². The van der Waals surface area contributed by atoms with Gasteiger partial charge in [0.25, 0.3) is 5.91 Å². The molecule has 6 nitrogen and oxygen atoms in total. The number of hydrogen-bond acceptors (Lipinski definition) is 5. The number of likely N-dealkylation sites (N-methyl/N-ethyl adjacent to an activating group) is 1. The number of ether oxygens (including phenoxy) is 1. The smallest absolute Gasteiger partial charge is 0.290 e. The zero-order valence-electron chi connectivity index (χ0n) is 17.9. The minimum atomic E-state index is -0.604. The molecule has 1 atom stereocenters. The lowest BCUT2D eigenvalue weighted by Crippen LogP contribution is -2.37. The largest absolute Gasteiger partial charge is 0.497 e.